The summed E-state index contributed by atoms with van der Waals surface area (Å²) in [5.41, 5.74) is 1.35. The number of aromatic nitrogens is 1. The number of rotatable bonds is 6. The van der Waals surface area contributed by atoms with Crippen LogP contribution in [0.1, 0.15) is 29.8 Å². The van der Waals surface area contributed by atoms with E-state index >= 15 is 0 Å². The van der Waals surface area contributed by atoms with Crippen LogP contribution < -0.4 is 4.72 Å². The van der Waals surface area contributed by atoms with Crippen LogP contribution in [0.4, 0.5) is 5.69 Å². The number of unbranched alkanes of at least 4 members (excludes halogenated alkanes) is 1. The van der Waals surface area contributed by atoms with Gasteiger partial charge in [0.15, 0.2) is 0 Å². The van der Waals surface area contributed by atoms with Crippen LogP contribution in [0.25, 0.3) is 10.2 Å². The SMILES string of the molecule is Cc1nc2cccc(S(=O)(=O)Nc3ccc(Cl)cc3C#CCCCC(=O)O)c2s1. The summed E-state index contributed by atoms with van der Waals surface area (Å²) in [5, 5.41) is 9.88. The lowest BCUT2D eigenvalue weighted by atomic mass is 10.1. The van der Waals surface area contributed by atoms with Gasteiger partial charge >= 0.3 is 5.97 Å². The maximum Gasteiger partial charge on any atom is 0.303 e. The molecule has 0 aliphatic heterocycles. The Kier molecular flexibility index (Phi) is 6.42. The number of sulfonamides is 1. The van der Waals surface area contributed by atoms with Gasteiger partial charge in [-0.3, -0.25) is 9.52 Å². The van der Waals surface area contributed by atoms with E-state index in [9.17, 15) is 13.2 Å². The van der Waals surface area contributed by atoms with Crippen molar-refractivity contribution in [2.24, 2.45) is 0 Å². The molecule has 0 aliphatic rings. The van der Waals surface area contributed by atoms with Gasteiger partial charge in [-0.2, -0.15) is 0 Å². The molecule has 0 atom stereocenters. The Balaban J connectivity index is 1.91. The predicted octanol–water partition coefficient (Wildman–Crippen LogP) is 4.67. The monoisotopic (exact) mass is 448 g/mol. The summed E-state index contributed by atoms with van der Waals surface area (Å²) in [5.74, 6) is 4.87. The number of carboxylic acid groups (broad SMARTS) is 1. The molecule has 0 saturated heterocycles. The maximum absolute atomic E-state index is 13.0. The molecule has 0 amide bonds. The summed E-state index contributed by atoms with van der Waals surface area (Å²) in [6.45, 7) is 1.83. The maximum atomic E-state index is 13.0. The molecule has 0 aliphatic carbocycles. The number of carboxylic acids is 1. The molecular weight excluding hydrogens is 432 g/mol. The van der Waals surface area contributed by atoms with Crippen molar-refractivity contribution in [3.8, 4) is 11.8 Å². The predicted molar refractivity (Wildman–Crippen MR) is 115 cm³/mol. The first kappa shape index (κ1) is 21.1. The van der Waals surface area contributed by atoms with Gasteiger partial charge in [0.05, 0.1) is 26.5 Å². The van der Waals surface area contributed by atoms with Crippen molar-refractivity contribution in [2.45, 2.75) is 31.1 Å². The second kappa shape index (κ2) is 8.82. The van der Waals surface area contributed by atoms with E-state index in [1.165, 1.54) is 17.4 Å². The lowest BCUT2D eigenvalue weighted by molar-refractivity contribution is -0.137. The molecule has 1 heterocycles. The minimum absolute atomic E-state index is 0.0297. The summed E-state index contributed by atoms with van der Waals surface area (Å²) in [6.07, 6.45) is 0.823. The zero-order valence-electron chi connectivity index (χ0n) is 15.4. The fourth-order valence-electron chi connectivity index (χ4n) is 2.64. The van der Waals surface area contributed by atoms with Gasteiger partial charge in [-0.05, 0) is 43.7 Å². The number of anilines is 1. The van der Waals surface area contributed by atoms with E-state index in [-0.39, 0.29) is 11.3 Å². The molecule has 6 nitrogen and oxygen atoms in total. The van der Waals surface area contributed by atoms with Gasteiger partial charge in [0.2, 0.25) is 0 Å². The van der Waals surface area contributed by atoms with Gasteiger partial charge in [-0.15, -0.1) is 11.3 Å². The van der Waals surface area contributed by atoms with Crippen LogP contribution in [0.5, 0.6) is 0 Å². The summed E-state index contributed by atoms with van der Waals surface area (Å²) in [4.78, 5) is 15.1. The number of carbonyl (C=O) groups is 1. The Labute approximate surface area is 177 Å². The smallest absolute Gasteiger partial charge is 0.303 e. The van der Waals surface area contributed by atoms with Crippen molar-refractivity contribution in [3.05, 3.63) is 52.0 Å². The third-order valence-electron chi connectivity index (χ3n) is 3.92. The number of nitrogens with one attached hydrogen (secondary N) is 1. The molecule has 1 aromatic heterocycles. The average Bonchev–Trinajstić information content (AvgIpc) is 3.03. The third kappa shape index (κ3) is 5.26. The first-order chi connectivity index (χ1) is 13.8. The van der Waals surface area contributed by atoms with Crippen molar-refractivity contribution in [1.82, 2.24) is 4.98 Å². The highest BCUT2D eigenvalue weighted by atomic mass is 35.5. The largest absolute Gasteiger partial charge is 0.481 e. The van der Waals surface area contributed by atoms with Crippen molar-refractivity contribution < 1.29 is 18.3 Å². The minimum atomic E-state index is -3.88. The van der Waals surface area contributed by atoms with E-state index in [0.717, 1.165) is 5.01 Å². The molecule has 0 radical (unpaired) electrons. The Morgan fingerprint density at radius 2 is 2.10 bits per heavy atom. The number of aliphatic carboxylic acids is 1. The zero-order valence-corrected chi connectivity index (χ0v) is 17.8. The topological polar surface area (TPSA) is 96.4 Å². The van der Waals surface area contributed by atoms with Gasteiger partial charge in [0, 0.05) is 17.9 Å². The van der Waals surface area contributed by atoms with E-state index in [0.29, 0.717) is 39.3 Å². The standard InChI is InChI=1S/C20H17ClN2O4S2/c1-13-22-17-7-5-8-18(20(17)28-13)29(26,27)23-16-11-10-15(21)12-14(16)6-3-2-4-9-19(24)25/h5,7-8,10-12,23H,2,4,9H2,1H3,(H,24,25). The van der Waals surface area contributed by atoms with Crippen LogP contribution in [0.3, 0.4) is 0 Å². The normalized spacial score (nSPS) is 11.1. The number of halogens is 1. The van der Waals surface area contributed by atoms with Crippen molar-refractivity contribution in [2.75, 3.05) is 4.72 Å². The number of fused-ring (bicyclic) bond motifs is 1. The average molecular weight is 449 g/mol. The van der Waals surface area contributed by atoms with Crippen LogP contribution in [-0.4, -0.2) is 24.5 Å². The molecule has 0 bridgehead atoms. The molecule has 0 unspecified atom stereocenters. The molecule has 9 heteroatoms. The summed E-state index contributed by atoms with van der Waals surface area (Å²) < 4.78 is 29.2. The molecule has 0 saturated carbocycles. The minimum Gasteiger partial charge on any atom is -0.481 e. The van der Waals surface area contributed by atoms with E-state index in [2.05, 4.69) is 21.5 Å². The number of hydrogen-bond donors (Lipinski definition) is 2. The van der Waals surface area contributed by atoms with Gasteiger partial charge in [-0.25, -0.2) is 13.4 Å². The number of nitrogens with zero attached hydrogens (tertiary/aromatic N) is 1. The number of hydrogen-bond acceptors (Lipinski definition) is 5. The van der Waals surface area contributed by atoms with Gasteiger partial charge in [0.25, 0.3) is 10.0 Å². The third-order valence-corrected chi connectivity index (χ3v) is 6.71. The molecule has 3 rings (SSSR count). The Morgan fingerprint density at radius 3 is 2.86 bits per heavy atom. The van der Waals surface area contributed by atoms with Gasteiger partial charge < -0.3 is 5.11 Å². The fourth-order valence-corrected chi connectivity index (χ4v) is 5.28. The highest BCUT2D eigenvalue weighted by Gasteiger charge is 2.20. The van der Waals surface area contributed by atoms with Crippen molar-refractivity contribution >= 4 is 54.8 Å². The van der Waals surface area contributed by atoms with Crippen LogP contribution in [0.15, 0.2) is 41.3 Å². The highest BCUT2D eigenvalue weighted by molar-refractivity contribution is 7.93. The molecule has 3 aromatic rings. The van der Waals surface area contributed by atoms with E-state index in [1.807, 2.05) is 6.92 Å². The first-order valence-corrected chi connectivity index (χ1v) is 11.3. The first-order valence-electron chi connectivity index (χ1n) is 8.65. The highest BCUT2D eigenvalue weighted by Crippen LogP contribution is 2.30. The second-order valence-electron chi connectivity index (χ2n) is 6.18. The number of aryl methyl sites for hydroxylation is 1. The van der Waals surface area contributed by atoms with E-state index < -0.39 is 16.0 Å². The number of thiazole rings is 1. The fraction of sp³-hybridized carbons (Fsp3) is 0.200. The quantitative estimate of drug-likeness (QED) is 0.422. The molecule has 0 fully saturated rings. The Hall–Kier alpha value is -2.60. The van der Waals surface area contributed by atoms with E-state index in [1.54, 1.807) is 30.3 Å². The van der Waals surface area contributed by atoms with Gasteiger partial charge in [-0.1, -0.05) is 29.5 Å². The summed E-state index contributed by atoms with van der Waals surface area (Å²) in [6, 6.07) is 9.66. The lowest BCUT2D eigenvalue weighted by Crippen LogP contribution is -2.14. The van der Waals surface area contributed by atoms with Crippen LogP contribution >= 0.6 is 22.9 Å². The van der Waals surface area contributed by atoms with Crippen molar-refractivity contribution in [1.29, 1.82) is 0 Å². The molecular formula is C20H17ClN2O4S2. The molecule has 2 N–H and O–H groups in total. The van der Waals surface area contributed by atoms with Crippen LogP contribution in [-0.2, 0) is 14.8 Å². The Bertz CT molecular complexity index is 1240. The zero-order chi connectivity index (χ0) is 21.0. The molecule has 29 heavy (non-hydrogen) atoms. The van der Waals surface area contributed by atoms with Gasteiger partial charge in [0.1, 0.15) is 4.90 Å². The number of benzene rings is 2. The molecule has 0 spiro atoms. The van der Waals surface area contributed by atoms with Crippen molar-refractivity contribution in [3.63, 3.8) is 0 Å². The van der Waals surface area contributed by atoms with E-state index in [4.69, 9.17) is 16.7 Å². The molecule has 150 valence electrons. The molecule has 2 aromatic carbocycles. The summed E-state index contributed by atoms with van der Waals surface area (Å²) >= 11 is 7.36. The van der Waals surface area contributed by atoms with Crippen LogP contribution in [0, 0.1) is 18.8 Å². The Morgan fingerprint density at radius 1 is 1.31 bits per heavy atom. The second-order valence-corrected chi connectivity index (χ2v) is 9.47. The lowest BCUT2D eigenvalue weighted by Gasteiger charge is -2.11. The summed E-state index contributed by atoms with van der Waals surface area (Å²) in [7, 11) is -3.88. The van der Waals surface area contributed by atoms with Crippen LogP contribution in [0.2, 0.25) is 5.02 Å².